The van der Waals surface area contributed by atoms with Crippen LogP contribution in [0.5, 0.6) is 0 Å². The molecule has 0 amide bonds. The van der Waals surface area contributed by atoms with Crippen molar-refractivity contribution in [2.75, 3.05) is 19.3 Å². The number of piperidine rings is 1. The first-order valence-corrected chi connectivity index (χ1v) is 21.4. The molecule has 0 bridgehead atoms. The highest BCUT2D eigenvalue weighted by Crippen LogP contribution is 2.49. The minimum Gasteiger partial charge on any atom is -0.392 e. The molecule has 5 aliphatic rings. The first-order chi connectivity index (χ1) is 21.3. The second kappa shape index (κ2) is 15.6. The average Bonchev–Trinajstić information content (AvgIpc) is 3.02. The van der Waals surface area contributed by atoms with E-state index in [9.17, 15) is 22.3 Å². The predicted molar refractivity (Wildman–Crippen MR) is 180 cm³/mol. The van der Waals surface area contributed by atoms with E-state index >= 15 is 0 Å². The van der Waals surface area contributed by atoms with Crippen molar-refractivity contribution in [2.24, 2.45) is 35.0 Å². The quantitative estimate of drug-likeness (QED) is 0.246. The highest BCUT2D eigenvalue weighted by atomic mass is 32.2. The van der Waals surface area contributed by atoms with Gasteiger partial charge in [0.1, 0.15) is 0 Å². The minimum atomic E-state index is -3.23. The smallest absolute Gasteiger partial charge is 0.156 e. The Bertz CT molecular complexity index is 1060. The molecule has 3 N–H and O–H groups in total. The van der Waals surface area contributed by atoms with Crippen molar-refractivity contribution in [1.29, 1.82) is 0 Å². The second-order valence-electron chi connectivity index (χ2n) is 16.3. The van der Waals surface area contributed by atoms with Crippen molar-refractivity contribution < 1.29 is 31.8 Å². The van der Waals surface area contributed by atoms with E-state index in [2.05, 4.69) is 26.1 Å². The summed E-state index contributed by atoms with van der Waals surface area (Å²) >= 11 is -1.77. The van der Waals surface area contributed by atoms with Crippen LogP contribution in [0.1, 0.15) is 124 Å². The van der Waals surface area contributed by atoms with E-state index in [1.807, 2.05) is 0 Å². The first-order valence-electron chi connectivity index (χ1n) is 18.3. The van der Waals surface area contributed by atoms with E-state index in [1.165, 1.54) is 31.9 Å². The van der Waals surface area contributed by atoms with Crippen LogP contribution in [0.2, 0.25) is 0 Å². The molecule has 1 aliphatic heterocycles. The molecule has 0 aromatic rings. The lowest BCUT2D eigenvalue weighted by Gasteiger charge is -2.47. The molecule has 9 atom stereocenters. The second-order valence-corrected chi connectivity index (χ2v) is 19.8. The molecule has 5 rings (SSSR count). The molecule has 4 saturated carbocycles. The van der Waals surface area contributed by atoms with Gasteiger partial charge >= 0.3 is 0 Å². The van der Waals surface area contributed by atoms with Gasteiger partial charge in [-0.25, -0.2) is 12.6 Å². The fourth-order valence-corrected chi connectivity index (χ4v) is 12.5. The van der Waals surface area contributed by atoms with Crippen LogP contribution >= 0.6 is 0 Å². The molecule has 0 aromatic heterocycles. The van der Waals surface area contributed by atoms with Crippen LogP contribution in [-0.2, 0) is 30.4 Å². The van der Waals surface area contributed by atoms with E-state index in [1.54, 1.807) is 0 Å². The van der Waals surface area contributed by atoms with E-state index in [4.69, 9.17) is 9.47 Å². The summed E-state index contributed by atoms with van der Waals surface area (Å²) in [6.45, 7) is 8.79. The molecule has 8 nitrogen and oxygen atoms in total. The van der Waals surface area contributed by atoms with Crippen LogP contribution < -0.4 is 5.32 Å². The molecule has 1 heterocycles. The number of nitrogens with one attached hydrogen (secondary N) is 1. The maximum absolute atomic E-state index is 12.7. The largest absolute Gasteiger partial charge is 0.392 e. The fourth-order valence-electron chi connectivity index (χ4n) is 10.1. The first kappa shape index (κ1) is 36.2. The van der Waals surface area contributed by atoms with Gasteiger partial charge in [0.15, 0.2) is 20.9 Å². The Kier molecular flexibility index (Phi) is 12.6. The van der Waals surface area contributed by atoms with E-state index in [-0.39, 0.29) is 52.8 Å². The normalized spacial score (nSPS) is 42.1. The molecule has 45 heavy (non-hydrogen) atoms. The van der Waals surface area contributed by atoms with Crippen molar-refractivity contribution in [3.05, 3.63) is 0 Å². The topological polar surface area (TPSA) is 122 Å². The summed E-state index contributed by atoms with van der Waals surface area (Å²) in [5, 5.41) is 14.1. The summed E-state index contributed by atoms with van der Waals surface area (Å²) in [6, 6.07) is 0. The number of hydrogen-bond donors (Lipinski definition) is 3. The lowest BCUT2D eigenvalue weighted by molar-refractivity contribution is -0.0907. The van der Waals surface area contributed by atoms with Crippen LogP contribution in [0, 0.1) is 35.0 Å². The third kappa shape index (κ3) is 9.13. The lowest BCUT2D eigenvalue weighted by Crippen LogP contribution is -2.49. The molecule has 9 unspecified atom stereocenters. The molecule has 4 aliphatic carbocycles. The van der Waals surface area contributed by atoms with Gasteiger partial charge in [0, 0.05) is 18.7 Å². The fraction of sp³-hybridized carbons (Fsp3) is 1.00. The summed E-state index contributed by atoms with van der Waals surface area (Å²) in [4.78, 5) is 0. The van der Waals surface area contributed by atoms with Gasteiger partial charge in [0.05, 0.1) is 41.0 Å². The summed E-state index contributed by atoms with van der Waals surface area (Å²) in [7, 11) is -3.23. The maximum atomic E-state index is 12.7. The van der Waals surface area contributed by atoms with Crippen LogP contribution in [0.3, 0.4) is 0 Å². The highest BCUT2D eigenvalue weighted by Gasteiger charge is 2.45. The van der Waals surface area contributed by atoms with Crippen LogP contribution in [0.25, 0.3) is 0 Å². The molecule has 5 fully saturated rings. The molecule has 1 saturated heterocycles. The van der Waals surface area contributed by atoms with Gasteiger partial charge in [-0.15, -0.1) is 0 Å². The van der Waals surface area contributed by atoms with Crippen LogP contribution in [0.15, 0.2) is 0 Å². The van der Waals surface area contributed by atoms with Gasteiger partial charge in [-0.1, -0.05) is 20.8 Å². The molecule has 0 aromatic carbocycles. The number of hydrogen-bond acceptors (Lipinski definition) is 7. The van der Waals surface area contributed by atoms with E-state index in [0.717, 1.165) is 70.9 Å². The number of aliphatic hydroxyl groups is 1. The van der Waals surface area contributed by atoms with Crippen LogP contribution in [-0.4, -0.2) is 82.7 Å². The highest BCUT2D eigenvalue weighted by molar-refractivity contribution is 7.91. The molecular weight excluding hydrogens is 611 g/mol. The molecule has 0 spiro atoms. The Balaban J connectivity index is 1.07. The van der Waals surface area contributed by atoms with Gasteiger partial charge in [0.2, 0.25) is 0 Å². The van der Waals surface area contributed by atoms with E-state index in [0.29, 0.717) is 31.1 Å². The van der Waals surface area contributed by atoms with Gasteiger partial charge in [-0.05, 0) is 138 Å². The van der Waals surface area contributed by atoms with Gasteiger partial charge in [0.25, 0.3) is 0 Å². The van der Waals surface area contributed by atoms with Crippen molar-refractivity contribution in [3.8, 4) is 0 Å². The average molecular weight is 674 g/mol. The third-order valence-electron chi connectivity index (χ3n) is 13.1. The Labute approximate surface area is 276 Å². The number of aliphatic hydroxyl groups excluding tert-OH is 1. The monoisotopic (exact) mass is 673 g/mol. The third-order valence-corrected chi connectivity index (χ3v) is 16.0. The molecule has 10 heteroatoms. The Morgan fingerprint density at radius 2 is 1.33 bits per heavy atom. The number of ether oxygens (including phenoxy) is 2. The standard InChI is InChI=1S/C35H63NO7S2/c1-23-7-12-30(21-32(23)44(38)39)43-28-15-10-26(11-16-28)35(2,3)25-8-13-27(14-9-25)42-29-17-18-33(45(4,40)41)31(20-29)34(37)24-6-5-19-36-22-24/h23-34,36-37H,5-22H2,1-4H3,(H,38,39). The predicted octanol–water partition coefficient (Wildman–Crippen LogP) is 5.88. The van der Waals surface area contributed by atoms with Crippen molar-refractivity contribution in [3.63, 3.8) is 0 Å². The Hall–Kier alpha value is -0.100. The summed E-state index contributed by atoms with van der Waals surface area (Å²) in [5.41, 5.74) is 0.270. The zero-order chi connectivity index (χ0) is 32.4. The van der Waals surface area contributed by atoms with Crippen molar-refractivity contribution in [1.82, 2.24) is 5.32 Å². The number of rotatable bonds is 10. The van der Waals surface area contributed by atoms with Crippen molar-refractivity contribution >= 4 is 20.9 Å². The summed E-state index contributed by atoms with van der Waals surface area (Å²) in [5.74, 6) is 1.52. The Morgan fingerprint density at radius 1 is 0.800 bits per heavy atom. The minimum absolute atomic E-state index is 0.0315. The SMILES string of the molecule is CC1CCC(OC2CCC(C(C)(C)C3CCC(OC4CCC(S(C)(=O)=O)C(C(O)C5CCCNC5)C4)CC3)CC2)CC1S(=O)O. The molecular formula is C35H63NO7S2. The van der Waals surface area contributed by atoms with Gasteiger partial charge in [-0.3, -0.25) is 0 Å². The van der Waals surface area contributed by atoms with Gasteiger partial charge in [-0.2, -0.15) is 0 Å². The molecule has 0 radical (unpaired) electrons. The number of sulfone groups is 1. The lowest BCUT2D eigenvalue weighted by atomic mass is 9.60. The Morgan fingerprint density at radius 3 is 1.84 bits per heavy atom. The van der Waals surface area contributed by atoms with Crippen LogP contribution in [0.4, 0.5) is 0 Å². The zero-order valence-electron chi connectivity index (χ0n) is 28.4. The zero-order valence-corrected chi connectivity index (χ0v) is 30.0. The molecule has 262 valence electrons. The van der Waals surface area contributed by atoms with E-state index < -0.39 is 32.3 Å². The summed E-state index contributed by atoms with van der Waals surface area (Å²) in [6.07, 6.45) is 17.1. The van der Waals surface area contributed by atoms with Crippen molar-refractivity contribution in [2.45, 2.75) is 165 Å². The maximum Gasteiger partial charge on any atom is 0.156 e. The summed E-state index contributed by atoms with van der Waals surface area (Å²) < 4.78 is 60.1. The van der Waals surface area contributed by atoms with Gasteiger partial charge < -0.3 is 24.4 Å².